The van der Waals surface area contributed by atoms with Gasteiger partial charge in [0.2, 0.25) is 0 Å². The van der Waals surface area contributed by atoms with E-state index in [2.05, 4.69) is 117 Å². The first kappa shape index (κ1) is 34.2. The highest BCUT2D eigenvalue weighted by atomic mass is 79.9. The number of nitrogens with zero attached hydrogens (tertiary/aromatic N) is 4. The molecule has 2 aromatic carbocycles. The lowest BCUT2D eigenvalue weighted by molar-refractivity contribution is -0.688. The van der Waals surface area contributed by atoms with E-state index in [-0.39, 0.29) is 34.0 Å². The highest BCUT2D eigenvalue weighted by molar-refractivity contribution is 5.44. The van der Waals surface area contributed by atoms with E-state index in [1.165, 1.54) is 111 Å². The highest BCUT2D eigenvalue weighted by Crippen LogP contribution is 2.19. The summed E-state index contributed by atoms with van der Waals surface area (Å²) in [6, 6.07) is 27.6. The fourth-order valence-electron chi connectivity index (χ4n) is 6.54. The minimum absolute atomic E-state index is 0. The number of hydrogen-bond donors (Lipinski definition) is 0. The van der Waals surface area contributed by atoms with E-state index in [1.807, 2.05) is 0 Å². The molecule has 0 unspecified atom stereocenters. The Balaban J connectivity index is 0.00000221. The van der Waals surface area contributed by atoms with Gasteiger partial charge in [0.25, 0.3) is 0 Å². The third kappa shape index (κ3) is 9.90. The summed E-state index contributed by atoms with van der Waals surface area (Å²) in [5.74, 6) is 0. The Morgan fingerprint density at radius 3 is 1.07 bits per heavy atom. The largest absolute Gasteiger partial charge is 1.00 e. The zero-order valence-corrected chi connectivity index (χ0v) is 29.3. The van der Waals surface area contributed by atoms with Gasteiger partial charge in [0.15, 0.2) is 37.9 Å². The van der Waals surface area contributed by atoms with Crippen LogP contribution < -0.4 is 52.9 Å². The molecule has 6 rings (SSSR count). The predicted molar refractivity (Wildman–Crippen MR) is 173 cm³/mol. The monoisotopic (exact) mass is 718 g/mol. The second kappa shape index (κ2) is 17.7. The van der Waals surface area contributed by atoms with Crippen LogP contribution in [0.5, 0.6) is 0 Å². The van der Waals surface area contributed by atoms with Gasteiger partial charge in [-0.1, -0.05) is 48.5 Å². The third-order valence-corrected chi connectivity index (χ3v) is 9.15. The maximum atomic E-state index is 2.52. The van der Waals surface area contributed by atoms with Gasteiger partial charge in [0, 0.05) is 72.9 Å². The topological polar surface area (TPSA) is 14.2 Å². The molecule has 2 aliphatic rings. The van der Waals surface area contributed by atoms with Crippen LogP contribution in [0.15, 0.2) is 97.6 Å². The Kier molecular flexibility index (Phi) is 13.7. The van der Waals surface area contributed by atoms with Crippen molar-refractivity contribution in [2.75, 3.05) is 36.0 Å². The van der Waals surface area contributed by atoms with E-state index < -0.39 is 0 Å². The van der Waals surface area contributed by atoms with Crippen LogP contribution in [0.25, 0.3) is 0 Å². The van der Waals surface area contributed by atoms with Crippen LogP contribution in [0.4, 0.5) is 11.4 Å². The average molecular weight is 721 g/mol. The highest BCUT2D eigenvalue weighted by Gasteiger charge is 2.14. The Bertz CT molecular complexity index is 1250. The Hall–Kier alpha value is -2.70. The molecule has 4 nitrogen and oxygen atoms in total. The minimum Gasteiger partial charge on any atom is -1.00 e. The number of aryl methyl sites for hydroxylation is 2. The van der Waals surface area contributed by atoms with E-state index in [1.54, 1.807) is 0 Å². The summed E-state index contributed by atoms with van der Waals surface area (Å²) < 4.78 is 4.58. The number of pyridine rings is 2. The van der Waals surface area contributed by atoms with E-state index in [0.29, 0.717) is 0 Å². The van der Waals surface area contributed by atoms with E-state index >= 15 is 0 Å². The predicted octanol–water partition coefficient (Wildman–Crippen LogP) is 0.912. The molecule has 4 aromatic rings. The SMILES string of the molecule is [Br-].[Br-].c1cc(C[n+]2ccc(N3CCCCC3)cc2)ccc1CCCCc1ccc(C[n+]2ccc(N3CCCCC3)cc2)cc1. The van der Waals surface area contributed by atoms with E-state index in [4.69, 9.17) is 0 Å². The first-order chi connectivity index (χ1) is 20.8. The molecule has 0 N–H and O–H groups in total. The number of rotatable bonds is 11. The van der Waals surface area contributed by atoms with Crippen molar-refractivity contribution >= 4 is 11.4 Å². The molecule has 2 saturated heterocycles. The minimum atomic E-state index is 0. The van der Waals surface area contributed by atoms with Gasteiger partial charge in [-0.25, -0.2) is 9.13 Å². The van der Waals surface area contributed by atoms with Crippen molar-refractivity contribution in [2.24, 2.45) is 0 Å². The molecule has 0 atom stereocenters. The van der Waals surface area contributed by atoms with Crippen molar-refractivity contribution in [3.05, 3.63) is 120 Å². The molecule has 2 aliphatic heterocycles. The van der Waals surface area contributed by atoms with Crippen molar-refractivity contribution in [1.29, 1.82) is 0 Å². The van der Waals surface area contributed by atoms with Gasteiger partial charge in [-0.05, 0) is 75.3 Å². The molecule has 2 fully saturated rings. The van der Waals surface area contributed by atoms with Crippen LogP contribution >= 0.6 is 0 Å². The first-order valence-corrected chi connectivity index (χ1v) is 16.4. The van der Waals surface area contributed by atoms with Gasteiger partial charge in [0.05, 0.1) is 0 Å². The lowest BCUT2D eigenvalue weighted by atomic mass is 10.0. The molecule has 0 amide bonds. The van der Waals surface area contributed by atoms with Crippen molar-refractivity contribution in [3.63, 3.8) is 0 Å². The van der Waals surface area contributed by atoms with Crippen LogP contribution in [0.3, 0.4) is 0 Å². The molecular weight excluding hydrogens is 672 g/mol. The van der Waals surface area contributed by atoms with E-state index in [0.717, 1.165) is 25.9 Å². The second-order valence-corrected chi connectivity index (χ2v) is 12.4. The standard InChI is InChI=1S/C38H48N4.2BrH/c1-5-23-41(24-6-1)37-19-27-39(28-20-37)31-35-15-11-33(12-16-35)9-3-4-10-34-13-17-36(18-14-34)32-40-29-21-38(22-30-40)42-25-7-2-8-26-42;;/h11-22,27-30H,1-10,23-26,31-32H2;2*1H/q+2;;/p-2. The Labute approximate surface area is 286 Å². The van der Waals surface area contributed by atoms with Gasteiger partial charge < -0.3 is 43.8 Å². The lowest BCUT2D eigenvalue weighted by Crippen LogP contribution is -3.00. The van der Waals surface area contributed by atoms with Crippen LogP contribution in [0.2, 0.25) is 0 Å². The van der Waals surface area contributed by atoms with Gasteiger partial charge in [-0.15, -0.1) is 0 Å². The van der Waals surface area contributed by atoms with Crippen molar-refractivity contribution in [1.82, 2.24) is 0 Å². The van der Waals surface area contributed by atoms with Gasteiger partial charge in [-0.2, -0.15) is 0 Å². The second-order valence-electron chi connectivity index (χ2n) is 12.4. The number of anilines is 2. The zero-order chi connectivity index (χ0) is 28.4. The fraction of sp³-hybridized carbons (Fsp3) is 0.421. The van der Waals surface area contributed by atoms with Crippen molar-refractivity contribution < 1.29 is 43.1 Å². The number of halogens is 2. The Morgan fingerprint density at radius 2 is 0.727 bits per heavy atom. The summed E-state index contributed by atoms with van der Waals surface area (Å²) in [4.78, 5) is 5.04. The normalized spacial score (nSPS) is 14.9. The smallest absolute Gasteiger partial charge is 0.173 e. The number of aromatic nitrogens is 2. The third-order valence-electron chi connectivity index (χ3n) is 9.15. The zero-order valence-electron chi connectivity index (χ0n) is 26.1. The number of benzene rings is 2. The molecule has 6 heteroatoms. The lowest BCUT2D eigenvalue weighted by Gasteiger charge is -2.28. The first-order valence-electron chi connectivity index (χ1n) is 16.4. The van der Waals surface area contributed by atoms with Crippen LogP contribution in [0.1, 0.15) is 73.6 Å². The summed E-state index contributed by atoms with van der Waals surface area (Å²) in [6.07, 6.45) is 21.7. The molecule has 0 aliphatic carbocycles. The summed E-state index contributed by atoms with van der Waals surface area (Å²) in [5.41, 5.74) is 8.36. The fourth-order valence-corrected chi connectivity index (χ4v) is 6.54. The summed E-state index contributed by atoms with van der Waals surface area (Å²) >= 11 is 0. The molecule has 234 valence electrons. The van der Waals surface area contributed by atoms with Crippen LogP contribution in [-0.2, 0) is 25.9 Å². The molecule has 0 radical (unpaired) electrons. The van der Waals surface area contributed by atoms with Gasteiger partial charge >= 0.3 is 0 Å². The number of hydrogen-bond acceptors (Lipinski definition) is 2. The summed E-state index contributed by atoms with van der Waals surface area (Å²) in [6.45, 7) is 6.66. The molecule has 44 heavy (non-hydrogen) atoms. The van der Waals surface area contributed by atoms with Crippen molar-refractivity contribution in [2.45, 2.75) is 77.3 Å². The molecule has 0 bridgehead atoms. The molecule has 0 spiro atoms. The molecular formula is C38H48Br2N4. The molecule has 4 heterocycles. The van der Waals surface area contributed by atoms with Crippen molar-refractivity contribution in [3.8, 4) is 0 Å². The quantitative estimate of drug-likeness (QED) is 0.169. The number of piperidine rings is 2. The molecule has 0 saturated carbocycles. The van der Waals surface area contributed by atoms with Gasteiger partial charge in [0.1, 0.15) is 0 Å². The van der Waals surface area contributed by atoms with Crippen LogP contribution in [0, 0.1) is 0 Å². The van der Waals surface area contributed by atoms with Gasteiger partial charge in [-0.3, -0.25) is 0 Å². The average Bonchev–Trinajstić information content (AvgIpc) is 3.06. The summed E-state index contributed by atoms with van der Waals surface area (Å²) in [7, 11) is 0. The van der Waals surface area contributed by atoms with E-state index in [9.17, 15) is 0 Å². The summed E-state index contributed by atoms with van der Waals surface area (Å²) in [5, 5.41) is 0. The number of unbranched alkanes of at least 4 members (excludes halogenated alkanes) is 1. The maximum Gasteiger partial charge on any atom is 0.173 e. The van der Waals surface area contributed by atoms with Crippen LogP contribution in [-0.4, -0.2) is 26.2 Å². The Morgan fingerprint density at radius 1 is 0.409 bits per heavy atom. The molecule has 2 aromatic heterocycles. The maximum absolute atomic E-state index is 2.52.